The highest BCUT2D eigenvalue weighted by Crippen LogP contribution is 2.31. The van der Waals surface area contributed by atoms with Gasteiger partial charge in [-0.05, 0) is 30.3 Å². The molecule has 0 saturated heterocycles. The molecule has 2 aromatic carbocycles. The highest BCUT2D eigenvalue weighted by Gasteiger charge is 2.40. The van der Waals surface area contributed by atoms with Gasteiger partial charge in [-0.25, -0.2) is 17.7 Å². The number of methoxy groups -OCH3 is 1. The molecule has 28 heavy (non-hydrogen) atoms. The van der Waals surface area contributed by atoms with E-state index in [1.54, 1.807) is 31.4 Å². The monoisotopic (exact) mass is 417 g/mol. The molecule has 0 unspecified atom stereocenters. The van der Waals surface area contributed by atoms with Crippen molar-refractivity contribution in [3.05, 3.63) is 48.0 Å². The zero-order chi connectivity index (χ0) is 19.9. The molecule has 1 aromatic heterocycles. The SMILES string of the molecule is COc1ccc2nc(NC(=O)CCN3C(=O)c4ccccc4S3(=O)=O)sc2c1. The van der Waals surface area contributed by atoms with Crippen LogP contribution in [0.5, 0.6) is 5.75 Å². The molecule has 0 aliphatic carbocycles. The second-order valence-electron chi connectivity index (χ2n) is 6.03. The second-order valence-corrected chi connectivity index (χ2v) is 8.89. The summed E-state index contributed by atoms with van der Waals surface area (Å²) in [5, 5.41) is 3.05. The number of aromatic nitrogens is 1. The van der Waals surface area contributed by atoms with Crippen LogP contribution in [0.4, 0.5) is 5.13 Å². The van der Waals surface area contributed by atoms with E-state index in [4.69, 9.17) is 4.74 Å². The summed E-state index contributed by atoms with van der Waals surface area (Å²) in [6, 6.07) is 11.4. The van der Waals surface area contributed by atoms with Gasteiger partial charge in [-0.1, -0.05) is 23.5 Å². The first-order chi connectivity index (χ1) is 13.4. The number of benzene rings is 2. The van der Waals surface area contributed by atoms with E-state index in [9.17, 15) is 18.0 Å². The third kappa shape index (κ3) is 3.10. The lowest BCUT2D eigenvalue weighted by Gasteiger charge is -2.14. The Hall–Kier alpha value is -2.98. The number of ether oxygens (including phenoxy) is 1. The Morgan fingerprint density at radius 2 is 2.04 bits per heavy atom. The van der Waals surface area contributed by atoms with Gasteiger partial charge in [0, 0.05) is 13.0 Å². The first kappa shape index (κ1) is 18.4. The van der Waals surface area contributed by atoms with Crippen molar-refractivity contribution in [1.82, 2.24) is 9.29 Å². The van der Waals surface area contributed by atoms with Crippen molar-refractivity contribution in [3.63, 3.8) is 0 Å². The first-order valence-electron chi connectivity index (χ1n) is 8.30. The van der Waals surface area contributed by atoms with Crippen molar-refractivity contribution in [3.8, 4) is 5.75 Å². The minimum atomic E-state index is -3.92. The lowest BCUT2D eigenvalue weighted by atomic mass is 10.2. The number of sulfonamides is 1. The van der Waals surface area contributed by atoms with Crippen LogP contribution in [0.15, 0.2) is 47.4 Å². The molecule has 8 nitrogen and oxygen atoms in total. The number of carbonyl (C=O) groups is 2. The standard InChI is InChI=1S/C18H15N3O5S2/c1-26-11-6-7-13-14(10-11)27-18(19-13)20-16(22)8-9-21-17(23)12-4-2-3-5-15(12)28(21,24)25/h2-7,10H,8-9H2,1H3,(H,19,20,22). The number of fused-ring (bicyclic) bond motifs is 2. The number of carbonyl (C=O) groups excluding carboxylic acids is 2. The van der Waals surface area contributed by atoms with E-state index >= 15 is 0 Å². The van der Waals surface area contributed by atoms with Gasteiger partial charge in [0.1, 0.15) is 10.6 Å². The Kier molecular flexibility index (Phi) is 4.52. The average Bonchev–Trinajstić information content (AvgIpc) is 3.16. The number of hydrogen-bond acceptors (Lipinski definition) is 7. The molecular formula is C18H15N3O5S2. The highest BCUT2D eigenvalue weighted by molar-refractivity contribution is 7.90. The van der Waals surface area contributed by atoms with Crippen molar-refractivity contribution in [2.75, 3.05) is 19.0 Å². The predicted molar refractivity (Wildman–Crippen MR) is 104 cm³/mol. The topological polar surface area (TPSA) is 106 Å². The van der Waals surface area contributed by atoms with Gasteiger partial charge in [0.25, 0.3) is 15.9 Å². The van der Waals surface area contributed by atoms with Crippen LogP contribution in [-0.2, 0) is 14.8 Å². The average molecular weight is 417 g/mol. The minimum Gasteiger partial charge on any atom is -0.497 e. The van der Waals surface area contributed by atoms with E-state index in [2.05, 4.69) is 10.3 Å². The Morgan fingerprint density at radius 3 is 2.79 bits per heavy atom. The fourth-order valence-electron chi connectivity index (χ4n) is 2.92. The Balaban J connectivity index is 1.45. The molecule has 1 aliphatic heterocycles. The summed E-state index contributed by atoms with van der Waals surface area (Å²) in [6.45, 7) is -0.236. The van der Waals surface area contributed by atoms with E-state index in [1.165, 1.54) is 23.5 Å². The number of nitrogens with one attached hydrogen (secondary N) is 1. The molecule has 1 N–H and O–H groups in total. The van der Waals surface area contributed by atoms with Crippen LogP contribution in [0, 0.1) is 0 Å². The smallest absolute Gasteiger partial charge is 0.269 e. The molecule has 0 radical (unpaired) electrons. The molecule has 0 saturated carbocycles. The van der Waals surface area contributed by atoms with Crippen molar-refractivity contribution >= 4 is 48.5 Å². The molecule has 10 heteroatoms. The molecule has 0 atom stereocenters. The third-order valence-corrected chi connectivity index (χ3v) is 7.07. The van der Waals surface area contributed by atoms with Crippen molar-refractivity contribution < 1.29 is 22.7 Å². The van der Waals surface area contributed by atoms with E-state index in [0.717, 1.165) is 9.01 Å². The summed E-state index contributed by atoms with van der Waals surface area (Å²) in [6.07, 6.45) is -0.168. The van der Waals surface area contributed by atoms with E-state index < -0.39 is 21.8 Å². The third-order valence-electron chi connectivity index (χ3n) is 4.30. The Bertz CT molecular complexity index is 1200. The minimum absolute atomic E-state index is 0.0273. The number of rotatable bonds is 5. The van der Waals surface area contributed by atoms with Crippen molar-refractivity contribution in [2.45, 2.75) is 11.3 Å². The van der Waals surface area contributed by atoms with E-state index in [0.29, 0.717) is 16.4 Å². The highest BCUT2D eigenvalue weighted by atomic mass is 32.2. The van der Waals surface area contributed by atoms with Crippen LogP contribution < -0.4 is 10.1 Å². The summed E-state index contributed by atoms with van der Waals surface area (Å²) in [5.74, 6) is -0.355. The maximum atomic E-state index is 12.5. The number of anilines is 1. The van der Waals surface area contributed by atoms with Crippen LogP contribution in [0.3, 0.4) is 0 Å². The summed E-state index contributed by atoms with van der Waals surface area (Å²) in [5.41, 5.74) is 0.844. The molecule has 3 aromatic rings. The van der Waals surface area contributed by atoms with Gasteiger partial charge in [0.15, 0.2) is 5.13 Å². The van der Waals surface area contributed by atoms with Crippen molar-refractivity contribution in [1.29, 1.82) is 0 Å². The summed E-state index contributed by atoms with van der Waals surface area (Å²) in [4.78, 5) is 28.9. The fraction of sp³-hybridized carbons (Fsp3) is 0.167. The molecule has 1 aliphatic rings. The van der Waals surface area contributed by atoms with Crippen LogP contribution in [0.25, 0.3) is 10.2 Å². The van der Waals surface area contributed by atoms with Crippen LogP contribution in [0.1, 0.15) is 16.8 Å². The van der Waals surface area contributed by atoms with E-state index in [-0.39, 0.29) is 23.4 Å². The van der Waals surface area contributed by atoms with Gasteiger partial charge in [0.2, 0.25) is 5.91 Å². The molecular weight excluding hydrogens is 402 g/mol. The number of hydrogen-bond donors (Lipinski definition) is 1. The quantitative estimate of drug-likeness (QED) is 0.684. The predicted octanol–water partition coefficient (Wildman–Crippen LogP) is 2.48. The maximum Gasteiger partial charge on any atom is 0.269 e. The molecule has 4 rings (SSSR count). The molecule has 0 spiro atoms. The van der Waals surface area contributed by atoms with E-state index in [1.807, 2.05) is 6.07 Å². The zero-order valence-electron chi connectivity index (χ0n) is 14.7. The van der Waals surface area contributed by atoms with Gasteiger partial charge in [0.05, 0.1) is 22.9 Å². The maximum absolute atomic E-state index is 12.5. The first-order valence-corrected chi connectivity index (χ1v) is 10.6. The molecule has 144 valence electrons. The number of nitrogens with zero attached hydrogens (tertiary/aromatic N) is 2. The van der Waals surface area contributed by atoms with Crippen LogP contribution in [0.2, 0.25) is 0 Å². The Labute approximate surface area is 164 Å². The van der Waals surface area contributed by atoms with Gasteiger partial charge < -0.3 is 10.1 Å². The van der Waals surface area contributed by atoms with Gasteiger partial charge in [-0.15, -0.1) is 0 Å². The number of thiazole rings is 1. The molecule has 0 bridgehead atoms. The van der Waals surface area contributed by atoms with Crippen molar-refractivity contribution in [2.24, 2.45) is 0 Å². The molecule has 0 fully saturated rings. The van der Waals surface area contributed by atoms with Crippen LogP contribution in [-0.4, -0.2) is 43.2 Å². The molecule has 2 heterocycles. The lowest BCUT2D eigenvalue weighted by Crippen LogP contribution is -2.33. The van der Waals surface area contributed by atoms with Gasteiger partial charge in [-0.3, -0.25) is 9.59 Å². The molecule has 2 amide bonds. The second kappa shape index (κ2) is 6.88. The normalized spacial score (nSPS) is 14.9. The van der Waals surface area contributed by atoms with Gasteiger partial charge in [-0.2, -0.15) is 0 Å². The summed E-state index contributed by atoms with van der Waals surface area (Å²) >= 11 is 1.28. The largest absolute Gasteiger partial charge is 0.497 e. The summed E-state index contributed by atoms with van der Waals surface area (Å²) in [7, 11) is -2.35. The lowest BCUT2D eigenvalue weighted by molar-refractivity contribution is -0.116. The summed E-state index contributed by atoms with van der Waals surface area (Å²) < 4.78 is 31.7. The zero-order valence-corrected chi connectivity index (χ0v) is 16.3. The number of amides is 2. The fourth-order valence-corrected chi connectivity index (χ4v) is 5.40. The van der Waals surface area contributed by atoms with Crippen LogP contribution >= 0.6 is 11.3 Å². The van der Waals surface area contributed by atoms with Gasteiger partial charge >= 0.3 is 0 Å². The Morgan fingerprint density at radius 1 is 1.25 bits per heavy atom.